The van der Waals surface area contributed by atoms with E-state index in [0.29, 0.717) is 19.3 Å². The second-order valence-corrected chi connectivity index (χ2v) is 10.9. The number of hydrogen-bond donors (Lipinski definition) is 1. The minimum absolute atomic E-state index is 0.0146. The molecule has 33 heavy (non-hydrogen) atoms. The fourth-order valence-corrected chi connectivity index (χ4v) is 8.24. The lowest BCUT2D eigenvalue weighted by molar-refractivity contribution is -0.207. The topological polar surface area (TPSA) is 111 Å². The minimum Gasteiger partial charge on any atom is -0.388 e. The number of aliphatic hydroxyl groups excluding tert-OH is 1. The highest BCUT2D eigenvalue weighted by molar-refractivity contribution is 6.01. The van der Waals surface area contributed by atoms with Gasteiger partial charge in [0.1, 0.15) is 12.7 Å². The molecule has 0 aromatic rings. The van der Waals surface area contributed by atoms with Gasteiger partial charge in [-0.25, -0.2) is 0 Å². The van der Waals surface area contributed by atoms with Gasteiger partial charge >= 0.3 is 0 Å². The number of ketones is 2. The molecule has 8 heteroatoms. The summed E-state index contributed by atoms with van der Waals surface area (Å²) >= 11 is 0. The Kier molecular flexibility index (Phi) is 5.42. The third-order valence-electron chi connectivity index (χ3n) is 9.53. The molecule has 9 atom stereocenters. The molecule has 1 N–H and O–H groups in total. The molecule has 5 aliphatic rings. The normalized spacial score (nSPS) is 47.8. The van der Waals surface area contributed by atoms with Crippen LogP contribution in [0.5, 0.6) is 0 Å². The van der Waals surface area contributed by atoms with Crippen molar-refractivity contribution in [2.24, 2.45) is 33.9 Å². The number of Topliss-reactive ketones (excluding diaryl/α,β-unsaturated/α-hetero) is 1. The standard InChI is InChI=1S/C25H33NO7/c1-4-5-21-31-20-11-17-16-7-6-14-10-15(28)8-9-23(14,2)22(16)18(33-26-30)12-24(17,3)25(20,32-21)19(29)13-27/h8-10,16-18,20-22,27H,4-7,11-13H2,1-3H3/t16-,17-,18-,20+,21?,22+,23-,24-,25+/m0/s1. The molecule has 0 aromatic carbocycles. The van der Waals surface area contributed by atoms with Crippen LogP contribution in [-0.4, -0.2) is 47.4 Å². The minimum atomic E-state index is -1.27. The molecule has 0 aromatic heterocycles. The Morgan fingerprint density at radius 2 is 2.15 bits per heavy atom. The molecule has 0 bridgehead atoms. The summed E-state index contributed by atoms with van der Waals surface area (Å²) in [6.45, 7) is 5.56. The third kappa shape index (κ3) is 2.93. The summed E-state index contributed by atoms with van der Waals surface area (Å²) in [6, 6.07) is 0. The average Bonchev–Trinajstić information content (AvgIpc) is 3.26. The van der Waals surface area contributed by atoms with Crippen molar-refractivity contribution in [1.29, 1.82) is 0 Å². The van der Waals surface area contributed by atoms with Gasteiger partial charge in [-0.15, -0.1) is 4.91 Å². The van der Waals surface area contributed by atoms with Crippen LogP contribution in [0.3, 0.4) is 0 Å². The lowest BCUT2D eigenvalue weighted by Crippen LogP contribution is -2.63. The molecule has 8 nitrogen and oxygen atoms in total. The smallest absolute Gasteiger partial charge is 0.193 e. The molecule has 4 aliphatic carbocycles. The van der Waals surface area contributed by atoms with Gasteiger partial charge in [0.15, 0.2) is 28.8 Å². The maximum Gasteiger partial charge on any atom is 0.193 e. The summed E-state index contributed by atoms with van der Waals surface area (Å²) < 4.78 is 12.7. The number of ether oxygens (including phenoxy) is 2. The fourth-order valence-electron chi connectivity index (χ4n) is 8.24. The van der Waals surface area contributed by atoms with Crippen molar-refractivity contribution in [3.05, 3.63) is 28.7 Å². The summed E-state index contributed by atoms with van der Waals surface area (Å²) in [5.41, 5.74) is -1.31. The van der Waals surface area contributed by atoms with E-state index in [-0.39, 0.29) is 29.3 Å². The van der Waals surface area contributed by atoms with Crippen molar-refractivity contribution < 1.29 is 29.0 Å². The molecule has 1 saturated heterocycles. The van der Waals surface area contributed by atoms with E-state index in [0.717, 1.165) is 24.8 Å². The maximum atomic E-state index is 13.3. The first kappa shape index (κ1) is 22.9. The Hall–Kier alpha value is -1.90. The van der Waals surface area contributed by atoms with Crippen LogP contribution < -0.4 is 0 Å². The Morgan fingerprint density at radius 3 is 2.85 bits per heavy atom. The van der Waals surface area contributed by atoms with Crippen LogP contribution in [0.2, 0.25) is 0 Å². The predicted molar refractivity (Wildman–Crippen MR) is 118 cm³/mol. The van der Waals surface area contributed by atoms with Crippen molar-refractivity contribution in [1.82, 2.24) is 0 Å². The summed E-state index contributed by atoms with van der Waals surface area (Å²) in [4.78, 5) is 42.3. The highest BCUT2D eigenvalue weighted by Gasteiger charge is 2.76. The van der Waals surface area contributed by atoms with Crippen molar-refractivity contribution in [3.63, 3.8) is 0 Å². The van der Waals surface area contributed by atoms with Crippen molar-refractivity contribution in [2.45, 2.75) is 83.4 Å². The van der Waals surface area contributed by atoms with Gasteiger partial charge in [-0.05, 0) is 56.1 Å². The van der Waals surface area contributed by atoms with Gasteiger partial charge in [-0.1, -0.05) is 38.8 Å². The second kappa shape index (κ2) is 7.82. The average molecular weight is 460 g/mol. The molecular formula is C25H33NO7. The summed E-state index contributed by atoms with van der Waals surface area (Å²) in [7, 11) is 0. The van der Waals surface area contributed by atoms with Gasteiger partial charge in [0, 0.05) is 16.7 Å². The number of allylic oxidation sites excluding steroid dienone is 4. The third-order valence-corrected chi connectivity index (χ3v) is 9.53. The second-order valence-electron chi connectivity index (χ2n) is 10.9. The Balaban J connectivity index is 1.59. The molecule has 0 radical (unpaired) electrons. The zero-order valence-electron chi connectivity index (χ0n) is 19.5. The Labute approximate surface area is 193 Å². The van der Waals surface area contributed by atoms with Crippen LogP contribution in [0.1, 0.15) is 59.3 Å². The van der Waals surface area contributed by atoms with Crippen molar-refractivity contribution in [3.8, 4) is 0 Å². The predicted octanol–water partition coefficient (Wildman–Crippen LogP) is 3.42. The summed E-state index contributed by atoms with van der Waals surface area (Å²) in [5.74, 6) is -0.232. The van der Waals surface area contributed by atoms with Gasteiger partial charge in [0.25, 0.3) is 0 Å². The highest BCUT2D eigenvalue weighted by atomic mass is 16.7. The lowest BCUT2D eigenvalue weighted by atomic mass is 9.46. The molecule has 3 saturated carbocycles. The first-order valence-electron chi connectivity index (χ1n) is 12.1. The van der Waals surface area contributed by atoms with Crippen LogP contribution in [0.4, 0.5) is 0 Å². The zero-order chi connectivity index (χ0) is 23.6. The largest absolute Gasteiger partial charge is 0.388 e. The summed E-state index contributed by atoms with van der Waals surface area (Å²) in [6.07, 6.45) is 7.97. The Morgan fingerprint density at radius 1 is 1.36 bits per heavy atom. The first-order valence-corrected chi connectivity index (χ1v) is 12.1. The quantitative estimate of drug-likeness (QED) is 0.478. The van der Waals surface area contributed by atoms with E-state index in [1.54, 1.807) is 12.2 Å². The zero-order valence-corrected chi connectivity index (χ0v) is 19.5. The molecular weight excluding hydrogens is 426 g/mol. The van der Waals surface area contributed by atoms with Crippen LogP contribution >= 0.6 is 0 Å². The number of carbonyl (C=O) groups is 2. The first-order chi connectivity index (χ1) is 15.7. The van der Waals surface area contributed by atoms with Crippen molar-refractivity contribution >= 4 is 11.6 Å². The van der Waals surface area contributed by atoms with E-state index in [9.17, 15) is 19.6 Å². The van der Waals surface area contributed by atoms with Gasteiger partial charge in [-0.3, -0.25) is 9.59 Å². The monoisotopic (exact) mass is 459 g/mol. The molecule has 4 fully saturated rings. The fraction of sp³-hybridized carbons (Fsp3) is 0.760. The van der Waals surface area contributed by atoms with Crippen molar-refractivity contribution in [2.75, 3.05) is 6.61 Å². The number of carbonyl (C=O) groups excluding carboxylic acids is 2. The number of hydrogen-bond acceptors (Lipinski definition) is 8. The Bertz CT molecular complexity index is 930. The molecule has 1 unspecified atom stereocenters. The maximum absolute atomic E-state index is 13.3. The van der Waals surface area contributed by atoms with Gasteiger partial charge in [0.2, 0.25) is 0 Å². The van der Waals surface area contributed by atoms with Crippen LogP contribution in [0.25, 0.3) is 0 Å². The van der Waals surface area contributed by atoms with E-state index in [4.69, 9.17) is 14.3 Å². The van der Waals surface area contributed by atoms with Gasteiger partial charge in [0.05, 0.1) is 6.10 Å². The van der Waals surface area contributed by atoms with E-state index in [2.05, 4.69) is 12.3 Å². The number of nitrogens with zero attached hydrogens (tertiary/aromatic N) is 1. The molecule has 1 heterocycles. The van der Waals surface area contributed by atoms with Crippen LogP contribution in [0.15, 0.2) is 29.1 Å². The lowest BCUT2D eigenvalue weighted by Gasteiger charge is -2.59. The number of fused-ring (bicyclic) bond motifs is 7. The van der Waals surface area contributed by atoms with Crippen LogP contribution in [0, 0.1) is 33.5 Å². The highest BCUT2D eigenvalue weighted by Crippen LogP contribution is 2.70. The summed E-state index contributed by atoms with van der Waals surface area (Å²) in [5, 5.41) is 12.8. The van der Waals surface area contributed by atoms with E-state index in [1.165, 1.54) is 0 Å². The molecule has 0 spiro atoms. The number of rotatable bonds is 6. The SMILES string of the molecule is CCCC1O[C@@H]2C[C@H]3[C@@H]4CCC5=CC(=O)C=C[C@]5(C)[C@H]4[C@@H](ON=O)C[C@]3(C)[C@]2(C(=O)CO)O1. The molecule has 0 amide bonds. The van der Waals surface area contributed by atoms with E-state index in [1.807, 2.05) is 19.9 Å². The molecule has 1 aliphatic heterocycles. The van der Waals surface area contributed by atoms with Crippen LogP contribution in [-0.2, 0) is 23.9 Å². The molecule has 180 valence electrons. The van der Waals surface area contributed by atoms with E-state index >= 15 is 0 Å². The van der Waals surface area contributed by atoms with Gasteiger partial charge in [-0.2, -0.15) is 0 Å². The number of aliphatic hydroxyl groups is 1. The van der Waals surface area contributed by atoms with Gasteiger partial charge < -0.3 is 19.4 Å². The molecule has 5 rings (SSSR count). The van der Waals surface area contributed by atoms with E-state index < -0.39 is 41.5 Å².